The Kier molecular flexibility index (Phi) is 4.46. The smallest absolute Gasteiger partial charge is 0.298 e. The van der Waals surface area contributed by atoms with Crippen LogP contribution < -0.4 is 0 Å². The Labute approximate surface area is 129 Å². The lowest BCUT2D eigenvalue weighted by atomic mass is 9.90. The minimum atomic E-state index is -4.26. The average molecular weight is 312 g/mol. The van der Waals surface area contributed by atoms with Gasteiger partial charge in [0.1, 0.15) is 0 Å². The number of hydrogen-bond acceptors (Lipinski definition) is 2. The van der Waals surface area contributed by atoms with E-state index in [0.717, 1.165) is 37.3 Å². The van der Waals surface area contributed by atoms with Gasteiger partial charge in [-0.1, -0.05) is 24.6 Å². The van der Waals surface area contributed by atoms with Crippen LogP contribution in [0.15, 0.2) is 24.3 Å². The molecule has 1 heterocycles. The highest BCUT2D eigenvalue weighted by Gasteiger charge is 2.32. The molecule has 1 unspecified atom stereocenters. The molecule has 0 N–H and O–H groups in total. The normalized spacial score (nSPS) is 25.2. The van der Waals surface area contributed by atoms with Gasteiger partial charge in [-0.3, -0.25) is 9.80 Å². The molecule has 2 aliphatic rings. The standard InChI is InChI=1S/C17H23F3N2/c1-13-11-22(16-6-3-7-16)9-8-21(13)12-14-4-2-5-15(10-14)17(18,19)20/h2,4-5,10,13,16H,3,6-9,11-12H2,1H3. The molecule has 1 aromatic rings. The molecule has 2 nitrogen and oxygen atoms in total. The third-order valence-corrected chi connectivity index (χ3v) is 5.03. The fraction of sp³-hybridized carbons (Fsp3) is 0.647. The van der Waals surface area contributed by atoms with Crippen molar-refractivity contribution in [3.05, 3.63) is 35.4 Å². The fourth-order valence-electron chi connectivity index (χ4n) is 3.42. The third kappa shape index (κ3) is 3.46. The van der Waals surface area contributed by atoms with Crippen molar-refractivity contribution in [2.24, 2.45) is 0 Å². The van der Waals surface area contributed by atoms with E-state index in [2.05, 4.69) is 16.7 Å². The summed E-state index contributed by atoms with van der Waals surface area (Å²) in [4.78, 5) is 4.85. The number of hydrogen-bond donors (Lipinski definition) is 0. The largest absolute Gasteiger partial charge is 0.416 e. The Hall–Kier alpha value is -1.07. The van der Waals surface area contributed by atoms with Crippen LogP contribution in [0.1, 0.15) is 37.3 Å². The number of alkyl halides is 3. The van der Waals surface area contributed by atoms with Crippen molar-refractivity contribution in [2.75, 3.05) is 19.6 Å². The molecule has 0 bridgehead atoms. The maximum Gasteiger partial charge on any atom is 0.416 e. The van der Waals surface area contributed by atoms with Gasteiger partial charge in [-0.2, -0.15) is 13.2 Å². The first-order valence-electron chi connectivity index (χ1n) is 8.08. The van der Waals surface area contributed by atoms with E-state index >= 15 is 0 Å². The summed E-state index contributed by atoms with van der Waals surface area (Å²) in [5.74, 6) is 0. The lowest BCUT2D eigenvalue weighted by Gasteiger charge is -2.46. The molecule has 0 amide bonds. The Morgan fingerprint density at radius 3 is 2.55 bits per heavy atom. The number of rotatable bonds is 3. The molecule has 122 valence electrons. The van der Waals surface area contributed by atoms with E-state index in [9.17, 15) is 13.2 Å². The summed E-state index contributed by atoms with van der Waals surface area (Å²) < 4.78 is 38.4. The zero-order valence-corrected chi connectivity index (χ0v) is 12.9. The molecule has 1 aliphatic heterocycles. The minimum Gasteiger partial charge on any atom is -0.298 e. The highest BCUT2D eigenvalue weighted by Crippen LogP contribution is 2.30. The van der Waals surface area contributed by atoms with E-state index in [0.29, 0.717) is 12.6 Å². The number of halogens is 3. The molecular weight excluding hydrogens is 289 g/mol. The van der Waals surface area contributed by atoms with Crippen molar-refractivity contribution in [3.63, 3.8) is 0 Å². The second kappa shape index (κ2) is 6.20. The van der Waals surface area contributed by atoms with Gasteiger partial charge in [-0.05, 0) is 31.4 Å². The van der Waals surface area contributed by atoms with Crippen molar-refractivity contribution in [1.82, 2.24) is 9.80 Å². The molecule has 0 aromatic heterocycles. The van der Waals surface area contributed by atoms with Gasteiger partial charge in [0.2, 0.25) is 0 Å². The van der Waals surface area contributed by atoms with Crippen LogP contribution in [-0.4, -0.2) is 41.5 Å². The lowest BCUT2D eigenvalue weighted by Crippen LogP contribution is -2.55. The molecule has 1 aromatic carbocycles. The maximum absolute atomic E-state index is 12.8. The van der Waals surface area contributed by atoms with Gasteiger partial charge in [0.05, 0.1) is 5.56 Å². The van der Waals surface area contributed by atoms with Crippen molar-refractivity contribution in [1.29, 1.82) is 0 Å². The molecular formula is C17H23F3N2. The Balaban J connectivity index is 1.61. The molecule has 1 aliphatic carbocycles. The van der Waals surface area contributed by atoms with Crippen LogP contribution in [0.25, 0.3) is 0 Å². The predicted molar refractivity (Wildman–Crippen MR) is 80.5 cm³/mol. The first-order chi connectivity index (χ1) is 10.4. The van der Waals surface area contributed by atoms with Crippen LogP contribution in [0.5, 0.6) is 0 Å². The van der Waals surface area contributed by atoms with Gasteiger partial charge in [-0.15, -0.1) is 0 Å². The zero-order valence-electron chi connectivity index (χ0n) is 12.9. The topological polar surface area (TPSA) is 6.48 Å². The summed E-state index contributed by atoms with van der Waals surface area (Å²) in [5.41, 5.74) is 0.199. The summed E-state index contributed by atoms with van der Waals surface area (Å²) >= 11 is 0. The van der Waals surface area contributed by atoms with Gasteiger partial charge >= 0.3 is 6.18 Å². The van der Waals surface area contributed by atoms with Crippen LogP contribution in [0.4, 0.5) is 13.2 Å². The average Bonchev–Trinajstić information content (AvgIpc) is 2.39. The van der Waals surface area contributed by atoms with Crippen molar-refractivity contribution in [3.8, 4) is 0 Å². The van der Waals surface area contributed by atoms with Crippen LogP contribution >= 0.6 is 0 Å². The van der Waals surface area contributed by atoms with Gasteiger partial charge in [0.15, 0.2) is 0 Å². The van der Waals surface area contributed by atoms with E-state index in [1.165, 1.54) is 31.4 Å². The second-order valence-corrected chi connectivity index (χ2v) is 6.60. The van der Waals surface area contributed by atoms with E-state index in [1.807, 2.05) is 0 Å². The molecule has 2 fully saturated rings. The van der Waals surface area contributed by atoms with E-state index in [-0.39, 0.29) is 0 Å². The number of benzene rings is 1. The molecule has 1 saturated heterocycles. The van der Waals surface area contributed by atoms with E-state index in [4.69, 9.17) is 0 Å². The van der Waals surface area contributed by atoms with E-state index in [1.54, 1.807) is 6.07 Å². The van der Waals surface area contributed by atoms with Crippen molar-refractivity contribution < 1.29 is 13.2 Å². The fourth-order valence-corrected chi connectivity index (χ4v) is 3.42. The third-order valence-electron chi connectivity index (χ3n) is 5.03. The molecule has 5 heteroatoms. The highest BCUT2D eigenvalue weighted by atomic mass is 19.4. The van der Waals surface area contributed by atoms with Gasteiger partial charge in [0.25, 0.3) is 0 Å². The van der Waals surface area contributed by atoms with Gasteiger partial charge < -0.3 is 0 Å². The SMILES string of the molecule is CC1CN(C2CCC2)CCN1Cc1cccc(C(F)(F)F)c1. The summed E-state index contributed by atoms with van der Waals surface area (Å²) in [6, 6.07) is 6.86. The van der Waals surface area contributed by atoms with Gasteiger partial charge in [-0.25, -0.2) is 0 Å². The van der Waals surface area contributed by atoms with Crippen molar-refractivity contribution >= 4 is 0 Å². The molecule has 0 spiro atoms. The highest BCUT2D eigenvalue weighted by molar-refractivity contribution is 5.25. The van der Waals surface area contributed by atoms with E-state index < -0.39 is 11.7 Å². The summed E-state index contributed by atoms with van der Waals surface area (Å²) in [6.07, 6.45) is -0.311. The van der Waals surface area contributed by atoms with Crippen LogP contribution in [0.3, 0.4) is 0 Å². The number of piperazine rings is 1. The molecule has 1 saturated carbocycles. The minimum absolute atomic E-state index is 0.392. The predicted octanol–water partition coefficient (Wildman–Crippen LogP) is 3.76. The quantitative estimate of drug-likeness (QED) is 0.838. The Bertz CT molecular complexity index is 511. The summed E-state index contributed by atoms with van der Waals surface area (Å²) in [6.45, 7) is 5.79. The molecule has 0 radical (unpaired) electrons. The molecule has 3 rings (SSSR count). The van der Waals surface area contributed by atoms with Crippen LogP contribution in [0, 0.1) is 0 Å². The lowest BCUT2D eigenvalue weighted by molar-refractivity contribution is -0.137. The maximum atomic E-state index is 12.8. The molecule has 22 heavy (non-hydrogen) atoms. The zero-order chi connectivity index (χ0) is 15.7. The Morgan fingerprint density at radius 1 is 1.18 bits per heavy atom. The van der Waals surface area contributed by atoms with Crippen molar-refractivity contribution in [2.45, 2.75) is 51.0 Å². The number of nitrogens with zero attached hydrogens (tertiary/aromatic N) is 2. The first-order valence-corrected chi connectivity index (χ1v) is 8.08. The molecule has 1 atom stereocenters. The summed E-state index contributed by atoms with van der Waals surface area (Å²) in [7, 11) is 0. The summed E-state index contributed by atoms with van der Waals surface area (Å²) in [5, 5.41) is 0. The first kappa shape index (κ1) is 15.8. The monoisotopic (exact) mass is 312 g/mol. The van der Waals surface area contributed by atoms with Gasteiger partial charge in [0, 0.05) is 38.3 Å². The Morgan fingerprint density at radius 2 is 1.95 bits per heavy atom. The van der Waals surface area contributed by atoms with Crippen LogP contribution in [-0.2, 0) is 12.7 Å². The van der Waals surface area contributed by atoms with Crippen LogP contribution in [0.2, 0.25) is 0 Å². The second-order valence-electron chi connectivity index (χ2n) is 6.60.